The zero-order chi connectivity index (χ0) is 21.8. The van der Waals surface area contributed by atoms with Crippen molar-refractivity contribution >= 4 is 50.2 Å². The zero-order valence-corrected chi connectivity index (χ0v) is 18.3. The standard InChI is InChI=1S/C23H19ClN2O4S/c1-2-3-11-29-22(28)15-7-8-17-20(13-15)31-23(25-17)26-21(27)19-10-9-18(30-19)14-5-4-6-16(24)12-14/h4-10,12-13H,2-3,11H2,1H3,(H,25,26,27). The van der Waals surface area contributed by atoms with E-state index in [0.29, 0.717) is 33.6 Å². The fraction of sp³-hybridized carbons (Fsp3) is 0.174. The van der Waals surface area contributed by atoms with Gasteiger partial charge in [-0.3, -0.25) is 10.1 Å². The summed E-state index contributed by atoms with van der Waals surface area (Å²) >= 11 is 7.29. The Morgan fingerprint density at radius 1 is 1.16 bits per heavy atom. The Kier molecular flexibility index (Phi) is 6.34. The summed E-state index contributed by atoms with van der Waals surface area (Å²) in [5, 5.41) is 3.75. The van der Waals surface area contributed by atoms with E-state index in [1.165, 1.54) is 11.3 Å². The van der Waals surface area contributed by atoms with Crippen molar-refractivity contribution in [3.05, 3.63) is 70.9 Å². The minimum Gasteiger partial charge on any atom is -0.462 e. The number of fused-ring (bicyclic) bond motifs is 1. The van der Waals surface area contributed by atoms with E-state index in [4.69, 9.17) is 20.8 Å². The van der Waals surface area contributed by atoms with Crippen molar-refractivity contribution < 1.29 is 18.7 Å². The molecule has 0 spiro atoms. The van der Waals surface area contributed by atoms with Gasteiger partial charge in [-0.15, -0.1) is 0 Å². The molecule has 0 radical (unpaired) electrons. The van der Waals surface area contributed by atoms with E-state index >= 15 is 0 Å². The number of hydrogen-bond acceptors (Lipinski definition) is 6. The number of rotatable bonds is 7. The number of carbonyl (C=O) groups excluding carboxylic acids is 2. The number of nitrogens with zero attached hydrogens (tertiary/aromatic N) is 1. The summed E-state index contributed by atoms with van der Waals surface area (Å²) in [5.74, 6) is -0.0670. The smallest absolute Gasteiger partial charge is 0.338 e. The fourth-order valence-corrected chi connectivity index (χ4v) is 4.00. The molecule has 0 saturated carbocycles. The lowest BCUT2D eigenvalue weighted by Crippen LogP contribution is -2.10. The van der Waals surface area contributed by atoms with Gasteiger partial charge >= 0.3 is 5.97 Å². The number of halogens is 1. The van der Waals surface area contributed by atoms with Gasteiger partial charge in [-0.1, -0.05) is 48.4 Å². The lowest BCUT2D eigenvalue weighted by molar-refractivity contribution is 0.0500. The van der Waals surface area contributed by atoms with Crippen LogP contribution in [0.25, 0.3) is 21.5 Å². The van der Waals surface area contributed by atoms with Gasteiger partial charge < -0.3 is 9.15 Å². The van der Waals surface area contributed by atoms with Crippen LogP contribution in [-0.4, -0.2) is 23.5 Å². The van der Waals surface area contributed by atoms with Gasteiger partial charge in [-0.25, -0.2) is 9.78 Å². The molecule has 31 heavy (non-hydrogen) atoms. The number of aromatic nitrogens is 1. The molecule has 2 aromatic carbocycles. The van der Waals surface area contributed by atoms with Crippen molar-refractivity contribution in [3.8, 4) is 11.3 Å². The quantitative estimate of drug-likeness (QED) is 0.257. The summed E-state index contributed by atoms with van der Waals surface area (Å²) in [6.45, 7) is 2.44. The van der Waals surface area contributed by atoms with Gasteiger partial charge in [-0.05, 0) is 48.9 Å². The maximum absolute atomic E-state index is 12.6. The van der Waals surface area contributed by atoms with E-state index < -0.39 is 5.91 Å². The third-order valence-corrected chi connectivity index (χ3v) is 5.68. The predicted molar refractivity (Wildman–Crippen MR) is 122 cm³/mol. The summed E-state index contributed by atoms with van der Waals surface area (Å²) < 4.78 is 11.7. The fourth-order valence-electron chi connectivity index (χ4n) is 2.91. The summed E-state index contributed by atoms with van der Waals surface area (Å²) in [6.07, 6.45) is 1.79. The first-order valence-corrected chi connectivity index (χ1v) is 11.0. The first kappa shape index (κ1) is 21.1. The van der Waals surface area contributed by atoms with Gasteiger partial charge in [0, 0.05) is 10.6 Å². The van der Waals surface area contributed by atoms with Crippen molar-refractivity contribution in [2.75, 3.05) is 11.9 Å². The molecule has 2 aromatic heterocycles. The second-order valence-corrected chi connectivity index (χ2v) is 8.29. The van der Waals surface area contributed by atoms with E-state index in [2.05, 4.69) is 10.3 Å². The molecule has 0 aliphatic carbocycles. The Balaban J connectivity index is 1.47. The Labute approximate surface area is 187 Å². The molecule has 2 heterocycles. The largest absolute Gasteiger partial charge is 0.462 e. The minimum absolute atomic E-state index is 0.162. The molecule has 0 aliphatic heterocycles. The highest BCUT2D eigenvalue weighted by Crippen LogP contribution is 2.29. The van der Waals surface area contributed by atoms with Crippen LogP contribution in [0.15, 0.2) is 59.0 Å². The van der Waals surface area contributed by atoms with Crippen molar-refractivity contribution in [2.24, 2.45) is 0 Å². The Bertz CT molecular complexity index is 1250. The van der Waals surface area contributed by atoms with E-state index in [1.807, 2.05) is 19.1 Å². The molecular weight excluding hydrogens is 436 g/mol. The van der Waals surface area contributed by atoms with Crippen LogP contribution in [0.3, 0.4) is 0 Å². The van der Waals surface area contributed by atoms with Crippen LogP contribution in [0, 0.1) is 0 Å². The van der Waals surface area contributed by atoms with E-state index in [-0.39, 0.29) is 11.7 Å². The number of furan rings is 1. The average Bonchev–Trinajstić information content (AvgIpc) is 3.40. The summed E-state index contributed by atoms with van der Waals surface area (Å²) in [6, 6.07) is 15.7. The number of esters is 1. The number of carbonyl (C=O) groups is 2. The molecule has 1 N–H and O–H groups in total. The second kappa shape index (κ2) is 9.32. The molecule has 0 aliphatic rings. The predicted octanol–water partition coefficient (Wildman–Crippen LogP) is 6.42. The SMILES string of the molecule is CCCCOC(=O)c1ccc2nc(NC(=O)c3ccc(-c4cccc(Cl)c4)o3)sc2c1. The van der Waals surface area contributed by atoms with Crippen molar-refractivity contribution in [3.63, 3.8) is 0 Å². The van der Waals surface area contributed by atoms with Crippen molar-refractivity contribution in [1.82, 2.24) is 4.98 Å². The molecular formula is C23H19ClN2O4S. The minimum atomic E-state index is -0.411. The molecule has 0 unspecified atom stereocenters. The van der Waals surface area contributed by atoms with Crippen molar-refractivity contribution in [2.45, 2.75) is 19.8 Å². The second-order valence-electron chi connectivity index (χ2n) is 6.82. The van der Waals surface area contributed by atoms with Gasteiger partial charge in [0.05, 0.1) is 22.4 Å². The third-order valence-electron chi connectivity index (χ3n) is 4.51. The summed E-state index contributed by atoms with van der Waals surface area (Å²) in [4.78, 5) is 29.1. The zero-order valence-electron chi connectivity index (χ0n) is 16.7. The van der Waals surface area contributed by atoms with E-state index in [0.717, 1.165) is 23.1 Å². The topological polar surface area (TPSA) is 81.4 Å². The van der Waals surface area contributed by atoms with E-state index in [1.54, 1.807) is 42.5 Å². The van der Waals surface area contributed by atoms with Crippen LogP contribution in [0.5, 0.6) is 0 Å². The highest BCUT2D eigenvalue weighted by molar-refractivity contribution is 7.22. The maximum Gasteiger partial charge on any atom is 0.338 e. The molecule has 6 nitrogen and oxygen atoms in total. The van der Waals surface area contributed by atoms with Crippen LogP contribution in [0.4, 0.5) is 5.13 Å². The van der Waals surface area contributed by atoms with Crippen LogP contribution >= 0.6 is 22.9 Å². The normalized spacial score (nSPS) is 10.9. The monoisotopic (exact) mass is 454 g/mol. The molecule has 8 heteroatoms. The number of amides is 1. The molecule has 4 aromatic rings. The number of benzene rings is 2. The first-order chi connectivity index (χ1) is 15.0. The van der Waals surface area contributed by atoms with Crippen LogP contribution in [0.2, 0.25) is 5.02 Å². The van der Waals surface area contributed by atoms with Crippen LogP contribution < -0.4 is 5.32 Å². The molecule has 0 atom stereocenters. The van der Waals surface area contributed by atoms with Gasteiger partial charge in [0.1, 0.15) is 5.76 Å². The maximum atomic E-state index is 12.6. The van der Waals surface area contributed by atoms with Gasteiger partial charge in [0.25, 0.3) is 5.91 Å². The number of nitrogens with one attached hydrogen (secondary N) is 1. The van der Waals surface area contributed by atoms with E-state index in [9.17, 15) is 9.59 Å². The van der Waals surface area contributed by atoms with Gasteiger partial charge in [-0.2, -0.15) is 0 Å². The molecule has 4 rings (SSSR count). The molecule has 1 amide bonds. The number of ether oxygens (including phenoxy) is 1. The lowest BCUT2D eigenvalue weighted by atomic mass is 10.2. The molecule has 0 fully saturated rings. The van der Waals surface area contributed by atoms with Crippen LogP contribution in [0.1, 0.15) is 40.7 Å². The highest BCUT2D eigenvalue weighted by atomic mass is 35.5. The Hall–Kier alpha value is -3.16. The van der Waals surface area contributed by atoms with Gasteiger partial charge in [0.2, 0.25) is 0 Å². The Morgan fingerprint density at radius 2 is 2.03 bits per heavy atom. The highest BCUT2D eigenvalue weighted by Gasteiger charge is 2.16. The first-order valence-electron chi connectivity index (χ1n) is 9.78. The lowest BCUT2D eigenvalue weighted by Gasteiger charge is -2.03. The molecule has 0 saturated heterocycles. The molecule has 0 bridgehead atoms. The third kappa shape index (κ3) is 4.95. The number of hydrogen-bond donors (Lipinski definition) is 1. The average molecular weight is 455 g/mol. The molecule has 158 valence electrons. The number of thiazole rings is 1. The summed E-state index contributed by atoms with van der Waals surface area (Å²) in [7, 11) is 0. The number of unbranched alkanes of at least 4 members (excludes halogenated alkanes) is 1. The summed E-state index contributed by atoms with van der Waals surface area (Å²) in [5.41, 5.74) is 1.93. The van der Waals surface area contributed by atoms with Gasteiger partial charge in [0.15, 0.2) is 10.9 Å². The Morgan fingerprint density at radius 3 is 2.84 bits per heavy atom. The van der Waals surface area contributed by atoms with Crippen LogP contribution in [-0.2, 0) is 4.74 Å². The van der Waals surface area contributed by atoms with Crippen molar-refractivity contribution in [1.29, 1.82) is 0 Å². The number of anilines is 1.